The van der Waals surface area contributed by atoms with Gasteiger partial charge < -0.3 is 14.3 Å². The predicted molar refractivity (Wildman–Crippen MR) is 37.7 cm³/mol. The summed E-state index contributed by atoms with van der Waals surface area (Å²) in [6.45, 7) is 3.18. The minimum atomic E-state index is 0.131. The van der Waals surface area contributed by atoms with Crippen molar-refractivity contribution >= 4 is 6.29 Å². The van der Waals surface area contributed by atoms with Crippen molar-refractivity contribution in [3.8, 4) is 0 Å². The number of aldehydes is 1. The maximum atomic E-state index is 9.71. The first-order chi connectivity index (χ1) is 4.91. The molecular weight excluding hydrogens is 132 g/mol. The van der Waals surface area contributed by atoms with Gasteiger partial charge in [0.1, 0.15) is 19.7 Å². The molecule has 3 nitrogen and oxygen atoms in total. The molecule has 0 radical (unpaired) electrons. The lowest BCUT2D eigenvalue weighted by Gasteiger charge is -2.00. The lowest BCUT2D eigenvalue weighted by molar-refractivity contribution is -0.118. The number of carbonyl (C=O) groups is 1. The van der Waals surface area contributed by atoms with Gasteiger partial charge in [-0.05, 0) is 6.42 Å². The summed E-state index contributed by atoms with van der Waals surface area (Å²) in [6.07, 6.45) is 2.88. The molecule has 0 aliphatic heterocycles. The van der Waals surface area contributed by atoms with Crippen LogP contribution in [0.5, 0.6) is 0 Å². The standard InChI is InChI=1S/C7H14O3/c1-2-3-5-9-7-10-6-4-8/h4H,2-3,5-7H2,1H3. The van der Waals surface area contributed by atoms with Gasteiger partial charge in [0.05, 0.1) is 0 Å². The third kappa shape index (κ3) is 7.59. The molecular formula is C7H14O3. The Kier molecular flexibility index (Phi) is 8.24. The molecule has 0 spiro atoms. The fraction of sp³-hybridized carbons (Fsp3) is 0.857. The maximum absolute atomic E-state index is 9.71. The highest BCUT2D eigenvalue weighted by Gasteiger charge is 1.85. The molecule has 0 aliphatic carbocycles. The molecule has 3 heteroatoms. The summed E-state index contributed by atoms with van der Waals surface area (Å²) in [5.41, 5.74) is 0. The van der Waals surface area contributed by atoms with Gasteiger partial charge in [0.25, 0.3) is 0 Å². The highest BCUT2D eigenvalue weighted by Crippen LogP contribution is 1.87. The molecule has 0 aromatic carbocycles. The lowest BCUT2D eigenvalue weighted by atomic mass is 10.4. The van der Waals surface area contributed by atoms with Crippen LogP contribution in [0.25, 0.3) is 0 Å². The van der Waals surface area contributed by atoms with Crippen LogP contribution in [0.2, 0.25) is 0 Å². The van der Waals surface area contributed by atoms with E-state index in [1.165, 1.54) is 0 Å². The van der Waals surface area contributed by atoms with E-state index in [0.717, 1.165) is 19.4 Å². The third-order valence-corrected chi connectivity index (χ3v) is 0.995. The van der Waals surface area contributed by atoms with Crippen LogP contribution in [-0.4, -0.2) is 26.3 Å². The molecule has 0 N–H and O–H groups in total. The Hall–Kier alpha value is -0.410. The van der Waals surface area contributed by atoms with Crippen molar-refractivity contribution in [1.82, 2.24) is 0 Å². The van der Waals surface area contributed by atoms with Crippen LogP contribution in [0.4, 0.5) is 0 Å². The molecule has 0 atom stereocenters. The number of ether oxygens (including phenoxy) is 2. The molecule has 0 saturated carbocycles. The summed E-state index contributed by atoms with van der Waals surface area (Å²) in [4.78, 5) is 9.71. The summed E-state index contributed by atoms with van der Waals surface area (Å²) in [7, 11) is 0. The van der Waals surface area contributed by atoms with Crippen LogP contribution in [0.3, 0.4) is 0 Å². The van der Waals surface area contributed by atoms with Gasteiger partial charge in [-0.3, -0.25) is 0 Å². The Morgan fingerprint density at radius 1 is 1.40 bits per heavy atom. The number of unbranched alkanes of at least 4 members (excludes halogenated alkanes) is 1. The first-order valence-corrected chi connectivity index (χ1v) is 3.51. The summed E-state index contributed by atoms with van der Waals surface area (Å²) < 4.78 is 9.73. The molecule has 10 heavy (non-hydrogen) atoms. The summed E-state index contributed by atoms with van der Waals surface area (Å²) >= 11 is 0. The van der Waals surface area contributed by atoms with Crippen LogP contribution in [0.1, 0.15) is 19.8 Å². The van der Waals surface area contributed by atoms with Crippen molar-refractivity contribution in [3.63, 3.8) is 0 Å². The normalized spacial score (nSPS) is 9.70. The number of hydrogen-bond acceptors (Lipinski definition) is 3. The SMILES string of the molecule is CCCCOCOCC=O. The molecule has 0 aromatic rings. The summed E-state index contributed by atoms with van der Waals surface area (Å²) in [6, 6.07) is 0. The van der Waals surface area contributed by atoms with E-state index in [-0.39, 0.29) is 13.4 Å². The number of carbonyl (C=O) groups excluding carboxylic acids is 1. The van der Waals surface area contributed by atoms with Crippen LogP contribution in [0, 0.1) is 0 Å². The van der Waals surface area contributed by atoms with Crippen molar-refractivity contribution < 1.29 is 14.3 Å². The van der Waals surface area contributed by atoms with Gasteiger partial charge in [-0.1, -0.05) is 13.3 Å². The van der Waals surface area contributed by atoms with Crippen molar-refractivity contribution in [2.75, 3.05) is 20.0 Å². The van der Waals surface area contributed by atoms with Gasteiger partial charge >= 0.3 is 0 Å². The van der Waals surface area contributed by atoms with Gasteiger partial charge in [0.15, 0.2) is 0 Å². The van der Waals surface area contributed by atoms with Crippen molar-refractivity contribution in [1.29, 1.82) is 0 Å². The number of hydrogen-bond donors (Lipinski definition) is 0. The average molecular weight is 146 g/mol. The van der Waals surface area contributed by atoms with E-state index in [9.17, 15) is 4.79 Å². The second-order valence-corrected chi connectivity index (χ2v) is 1.92. The largest absolute Gasteiger partial charge is 0.355 e. The van der Waals surface area contributed by atoms with Gasteiger partial charge in [-0.25, -0.2) is 0 Å². The maximum Gasteiger partial charge on any atom is 0.147 e. The summed E-state index contributed by atoms with van der Waals surface area (Å²) in [5, 5.41) is 0. The van der Waals surface area contributed by atoms with E-state index in [4.69, 9.17) is 9.47 Å². The Morgan fingerprint density at radius 2 is 2.20 bits per heavy atom. The number of rotatable bonds is 7. The van der Waals surface area contributed by atoms with Crippen LogP contribution in [-0.2, 0) is 14.3 Å². The zero-order valence-corrected chi connectivity index (χ0v) is 6.34. The average Bonchev–Trinajstić information content (AvgIpc) is 1.97. The first-order valence-electron chi connectivity index (χ1n) is 3.51. The van der Waals surface area contributed by atoms with Crippen molar-refractivity contribution in [2.45, 2.75) is 19.8 Å². The van der Waals surface area contributed by atoms with Crippen molar-refractivity contribution in [2.24, 2.45) is 0 Å². The minimum Gasteiger partial charge on any atom is -0.355 e. The highest BCUT2D eigenvalue weighted by molar-refractivity contribution is 5.50. The van der Waals surface area contributed by atoms with Crippen molar-refractivity contribution in [3.05, 3.63) is 0 Å². The molecule has 0 unspecified atom stereocenters. The molecule has 0 aromatic heterocycles. The lowest BCUT2D eigenvalue weighted by Crippen LogP contribution is -2.02. The summed E-state index contributed by atoms with van der Waals surface area (Å²) in [5.74, 6) is 0. The second kappa shape index (κ2) is 8.59. The van der Waals surface area contributed by atoms with Gasteiger partial charge in [-0.15, -0.1) is 0 Å². The van der Waals surface area contributed by atoms with Crippen LogP contribution in [0.15, 0.2) is 0 Å². The minimum absolute atomic E-state index is 0.131. The smallest absolute Gasteiger partial charge is 0.147 e. The van der Waals surface area contributed by atoms with Crippen LogP contribution < -0.4 is 0 Å². The topological polar surface area (TPSA) is 35.5 Å². The van der Waals surface area contributed by atoms with E-state index < -0.39 is 0 Å². The molecule has 0 fully saturated rings. The Bertz CT molecular complexity index is 73.3. The molecule has 0 aliphatic rings. The van der Waals surface area contributed by atoms with E-state index >= 15 is 0 Å². The molecule has 0 bridgehead atoms. The third-order valence-electron chi connectivity index (χ3n) is 0.995. The Morgan fingerprint density at radius 3 is 2.80 bits per heavy atom. The zero-order chi connectivity index (χ0) is 7.66. The van der Waals surface area contributed by atoms with E-state index in [1.54, 1.807) is 0 Å². The van der Waals surface area contributed by atoms with Gasteiger partial charge in [-0.2, -0.15) is 0 Å². The highest BCUT2D eigenvalue weighted by atomic mass is 16.7. The van der Waals surface area contributed by atoms with E-state index in [0.29, 0.717) is 6.29 Å². The molecule has 0 saturated heterocycles. The van der Waals surface area contributed by atoms with E-state index in [1.807, 2.05) is 0 Å². The zero-order valence-electron chi connectivity index (χ0n) is 6.34. The molecule has 0 rings (SSSR count). The van der Waals surface area contributed by atoms with E-state index in [2.05, 4.69) is 6.92 Å². The monoisotopic (exact) mass is 146 g/mol. The quantitative estimate of drug-likeness (QED) is 0.305. The fourth-order valence-electron chi connectivity index (χ4n) is 0.460. The molecule has 0 heterocycles. The fourth-order valence-corrected chi connectivity index (χ4v) is 0.460. The Labute approximate surface area is 61.3 Å². The first kappa shape index (κ1) is 9.59. The van der Waals surface area contributed by atoms with Crippen LogP contribution >= 0.6 is 0 Å². The Balaban J connectivity index is 2.70. The van der Waals surface area contributed by atoms with Gasteiger partial charge in [0.2, 0.25) is 0 Å². The predicted octanol–water partition coefficient (Wildman–Crippen LogP) is 0.976. The van der Waals surface area contributed by atoms with Gasteiger partial charge in [0, 0.05) is 6.61 Å². The second-order valence-electron chi connectivity index (χ2n) is 1.92. The molecule has 0 amide bonds. The molecule has 60 valence electrons.